The normalized spacial score (nSPS) is 16.0. The summed E-state index contributed by atoms with van der Waals surface area (Å²) in [6.45, 7) is 0.603. The van der Waals surface area contributed by atoms with E-state index in [0.29, 0.717) is 18.7 Å². The van der Waals surface area contributed by atoms with Gasteiger partial charge < -0.3 is 20.5 Å². The van der Waals surface area contributed by atoms with Crippen molar-refractivity contribution in [2.75, 3.05) is 18.5 Å². The molecular formula is C19H21FN2O3. The van der Waals surface area contributed by atoms with Crippen molar-refractivity contribution in [1.82, 2.24) is 5.32 Å². The van der Waals surface area contributed by atoms with Gasteiger partial charge in [-0.2, -0.15) is 0 Å². The molecule has 0 heterocycles. The van der Waals surface area contributed by atoms with E-state index in [0.717, 1.165) is 24.1 Å². The number of urea groups is 1. The topological polar surface area (TPSA) is 70.6 Å². The zero-order chi connectivity index (χ0) is 17.6. The van der Waals surface area contributed by atoms with Gasteiger partial charge in [-0.25, -0.2) is 9.18 Å². The molecule has 0 aromatic heterocycles. The lowest BCUT2D eigenvalue weighted by atomic mass is 9.88. The first-order valence-electron chi connectivity index (χ1n) is 8.34. The molecule has 0 saturated heterocycles. The van der Waals surface area contributed by atoms with Gasteiger partial charge in [-0.05, 0) is 54.3 Å². The molecule has 3 rings (SSSR count). The lowest BCUT2D eigenvalue weighted by molar-refractivity contribution is 0.159. The third-order valence-corrected chi connectivity index (χ3v) is 4.18. The van der Waals surface area contributed by atoms with Crippen molar-refractivity contribution in [1.29, 1.82) is 0 Å². The summed E-state index contributed by atoms with van der Waals surface area (Å²) in [4.78, 5) is 12.0. The number of benzene rings is 2. The predicted molar refractivity (Wildman–Crippen MR) is 93.4 cm³/mol. The van der Waals surface area contributed by atoms with Gasteiger partial charge in [-0.3, -0.25) is 0 Å². The Hall–Kier alpha value is -2.60. The Morgan fingerprint density at radius 2 is 2.04 bits per heavy atom. The summed E-state index contributed by atoms with van der Waals surface area (Å²) < 4.78 is 18.2. The number of carbonyl (C=O) groups is 1. The van der Waals surface area contributed by atoms with Gasteiger partial charge in [0.25, 0.3) is 0 Å². The number of amides is 2. The van der Waals surface area contributed by atoms with E-state index in [1.165, 1.54) is 29.8 Å². The second-order valence-corrected chi connectivity index (χ2v) is 6.02. The number of rotatable bonds is 5. The first-order valence-corrected chi connectivity index (χ1v) is 8.34. The van der Waals surface area contributed by atoms with Gasteiger partial charge in [-0.15, -0.1) is 0 Å². The molecule has 0 saturated carbocycles. The number of anilines is 1. The molecule has 0 fully saturated rings. The quantitative estimate of drug-likeness (QED) is 0.731. The Balaban J connectivity index is 1.47. The van der Waals surface area contributed by atoms with Gasteiger partial charge in [0.15, 0.2) is 0 Å². The Kier molecular flexibility index (Phi) is 5.50. The van der Waals surface area contributed by atoms with Crippen LogP contribution in [-0.2, 0) is 12.8 Å². The largest absolute Gasteiger partial charge is 0.492 e. The highest BCUT2D eigenvalue weighted by Crippen LogP contribution is 2.28. The average Bonchev–Trinajstić information content (AvgIpc) is 2.61. The SMILES string of the molecule is O=C(NCCOc1ccc(F)cc1)Nc1cccc2c1C[C@@H](O)CC2. The molecule has 2 aromatic rings. The van der Waals surface area contributed by atoms with Crippen LogP contribution in [0.2, 0.25) is 0 Å². The number of fused-ring (bicyclic) bond motifs is 1. The van der Waals surface area contributed by atoms with Crippen molar-refractivity contribution in [3.8, 4) is 5.75 Å². The van der Waals surface area contributed by atoms with Crippen LogP contribution in [0.5, 0.6) is 5.75 Å². The van der Waals surface area contributed by atoms with E-state index in [1.807, 2.05) is 18.2 Å². The fourth-order valence-corrected chi connectivity index (χ4v) is 2.92. The van der Waals surface area contributed by atoms with E-state index in [-0.39, 0.29) is 24.6 Å². The summed E-state index contributed by atoms with van der Waals surface area (Å²) in [7, 11) is 0. The standard InChI is InChI=1S/C19H21FN2O3/c20-14-5-8-16(9-6-14)25-11-10-21-19(24)22-18-3-1-2-13-4-7-15(23)12-17(13)18/h1-3,5-6,8-9,15,23H,4,7,10-12H2,(H2,21,22,24)/t15-/m0/s1. The van der Waals surface area contributed by atoms with Crippen LogP contribution < -0.4 is 15.4 Å². The van der Waals surface area contributed by atoms with E-state index in [4.69, 9.17) is 4.74 Å². The summed E-state index contributed by atoms with van der Waals surface area (Å²) in [5.74, 6) is 0.232. The molecule has 0 spiro atoms. The first kappa shape index (κ1) is 17.2. The van der Waals surface area contributed by atoms with Crippen molar-refractivity contribution in [3.05, 3.63) is 59.4 Å². The third-order valence-electron chi connectivity index (χ3n) is 4.18. The van der Waals surface area contributed by atoms with Crippen molar-refractivity contribution >= 4 is 11.7 Å². The first-order chi connectivity index (χ1) is 12.1. The summed E-state index contributed by atoms with van der Waals surface area (Å²) in [5.41, 5.74) is 2.90. The minimum absolute atomic E-state index is 0.282. The zero-order valence-corrected chi connectivity index (χ0v) is 13.8. The summed E-state index contributed by atoms with van der Waals surface area (Å²) in [5, 5.41) is 15.4. The lowest BCUT2D eigenvalue weighted by Gasteiger charge is -2.23. The Morgan fingerprint density at radius 1 is 1.24 bits per heavy atom. The summed E-state index contributed by atoms with van der Waals surface area (Å²) in [6.07, 6.45) is 1.77. The number of aryl methyl sites for hydroxylation is 1. The maximum Gasteiger partial charge on any atom is 0.319 e. The molecule has 1 aliphatic carbocycles. The highest BCUT2D eigenvalue weighted by atomic mass is 19.1. The van der Waals surface area contributed by atoms with E-state index in [1.54, 1.807) is 0 Å². The fourth-order valence-electron chi connectivity index (χ4n) is 2.92. The number of hydrogen-bond donors (Lipinski definition) is 3. The minimum atomic E-state index is -0.359. The maximum absolute atomic E-state index is 12.8. The lowest BCUT2D eigenvalue weighted by Crippen LogP contribution is -2.33. The van der Waals surface area contributed by atoms with Crippen molar-refractivity contribution in [2.45, 2.75) is 25.4 Å². The van der Waals surface area contributed by atoms with Gasteiger partial charge >= 0.3 is 6.03 Å². The van der Waals surface area contributed by atoms with Crippen LogP contribution in [0.4, 0.5) is 14.9 Å². The molecule has 2 amide bonds. The fraction of sp³-hybridized carbons (Fsp3) is 0.316. The van der Waals surface area contributed by atoms with Crippen LogP contribution in [0, 0.1) is 5.82 Å². The van der Waals surface area contributed by atoms with Crippen LogP contribution in [0.25, 0.3) is 0 Å². The molecule has 1 aliphatic rings. The number of ether oxygens (including phenoxy) is 1. The molecule has 6 heteroatoms. The van der Waals surface area contributed by atoms with Crippen LogP contribution in [0.15, 0.2) is 42.5 Å². The molecule has 2 aromatic carbocycles. The average molecular weight is 344 g/mol. The number of carbonyl (C=O) groups excluding carboxylic acids is 1. The monoisotopic (exact) mass is 344 g/mol. The number of aliphatic hydroxyl groups is 1. The minimum Gasteiger partial charge on any atom is -0.492 e. The second-order valence-electron chi connectivity index (χ2n) is 6.02. The number of aliphatic hydroxyl groups excluding tert-OH is 1. The number of nitrogens with one attached hydrogen (secondary N) is 2. The molecule has 1 atom stereocenters. The molecule has 132 valence electrons. The van der Waals surface area contributed by atoms with E-state index >= 15 is 0 Å². The smallest absolute Gasteiger partial charge is 0.319 e. The second kappa shape index (κ2) is 7.98. The van der Waals surface area contributed by atoms with E-state index in [2.05, 4.69) is 10.6 Å². The molecule has 0 aliphatic heterocycles. The Morgan fingerprint density at radius 3 is 2.84 bits per heavy atom. The zero-order valence-electron chi connectivity index (χ0n) is 13.8. The van der Waals surface area contributed by atoms with Gasteiger partial charge in [-0.1, -0.05) is 12.1 Å². The number of halogens is 1. The van der Waals surface area contributed by atoms with Crippen LogP contribution in [0.3, 0.4) is 0 Å². The van der Waals surface area contributed by atoms with Crippen molar-refractivity contribution < 1.29 is 19.0 Å². The molecule has 3 N–H and O–H groups in total. The van der Waals surface area contributed by atoms with E-state index < -0.39 is 0 Å². The molecular weight excluding hydrogens is 323 g/mol. The van der Waals surface area contributed by atoms with Gasteiger partial charge in [0.1, 0.15) is 18.2 Å². The maximum atomic E-state index is 12.8. The highest BCUT2D eigenvalue weighted by Gasteiger charge is 2.19. The predicted octanol–water partition coefficient (Wildman–Crippen LogP) is 2.88. The van der Waals surface area contributed by atoms with Crippen LogP contribution in [-0.4, -0.2) is 30.4 Å². The Bertz CT molecular complexity index is 734. The summed E-state index contributed by atoms with van der Waals surface area (Å²) >= 11 is 0. The molecule has 0 unspecified atom stereocenters. The van der Waals surface area contributed by atoms with Gasteiger partial charge in [0.2, 0.25) is 0 Å². The number of hydrogen-bond acceptors (Lipinski definition) is 3. The van der Waals surface area contributed by atoms with Crippen LogP contribution >= 0.6 is 0 Å². The van der Waals surface area contributed by atoms with Crippen molar-refractivity contribution in [2.24, 2.45) is 0 Å². The molecule has 5 nitrogen and oxygen atoms in total. The Labute approximate surface area is 145 Å². The van der Waals surface area contributed by atoms with E-state index in [9.17, 15) is 14.3 Å². The van der Waals surface area contributed by atoms with Gasteiger partial charge in [0, 0.05) is 12.1 Å². The molecule has 25 heavy (non-hydrogen) atoms. The summed E-state index contributed by atoms with van der Waals surface area (Å²) in [6, 6.07) is 11.2. The molecule has 0 radical (unpaired) electrons. The molecule has 0 bridgehead atoms. The highest BCUT2D eigenvalue weighted by molar-refractivity contribution is 5.90. The van der Waals surface area contributed by atoms with Crippen molar-refractivity contribution in [3.63, 3.8) is 0 Å². The third kappa shape index (κ3) is 4.70. The van der Waals surface area contributed by atoms with Crippen LogP contribution in [0.1, 0.15) is 17.5 Å². The van der Waals surface area contributed by atoms with Gasteiger partial charge in [0.05, 0.1) is 12.6 Å².